The molecule has 1 fully saturated rings. The Labute approximate surface area is 165 Å². The molecule has 2 aromatic carbocycles. The Kier molecular flexibility index (Phi) is 5.21. The number of carbonyl (C=O) groups is 1. The van der Waals surface area contributed by atoms with Gasteiger partial charge in [-0.25, -0.2) is 4.68 Å². The average molecular weight is 375 g/mol. The summed E-state index contributed by atoms with van der Waals surface area (Å²) < 4.78 is 1.71. The normalized spacial score (nSPS) is 19.4. The number of nitrogens with zero attached hydrogens (tertiary/aromatic N) is 3. The van der Waals surface area contributed by atoms with Crippen LogP contribution in [0.15, 0.2) is 54.6 Å². The first-order valence-corrected chi connectivity index (χ1v) is 9.73. The van der Waals surface area contributed by atoms with Crippen molar-refractivity contribution in [3.63, 3.8) is 0 Å². The van der Waals surface area contributed by atoms with Crippen LogP contribution in [0.5, 0.6) is 0 Å². The Morgan fingerprint density at radius 3 is 2.54 bits per heavy atom. The van der Waals surface area contributed by atoms with Gasteiger partial charge in [0.05, 0.1) is 11.4 Å². The first-order valence-electron chi connectivity index (χ1n) is 9.73. The van der Waals surface area contributed by atoms with Gasteiger partial charge in [-0.05, 0) is 49.1 Å². The van der Waals surface area contributed by atoms with Crippen LogP contribution in [0.25, 0.3) is 16.8 Å². The van der Waals surface area contributed by atoms with Gasteiger partial charge in [-0.15, -0.1) is 5.10 Å². The van der Waals surface area contributed by atoms with Crippen molar-refractivity contribution in [2.75, 3.05) is 13.1 Å². The molecule has 1 aromatic heterocycles. The molecule has 6 nitrogen and oxygen atoms in total. The Morgan fingerprint density at radius 2 is 1.82 bits per heavy atom. The second-order valence-corrected chi connectivity index (χ2v) is 7.40. The lowest BCUT2D eigenvalue weighted by molar-refractivity contribution is 0.0909. The quantitative estimate of drug-likeness (QED) is 0.735. The molecule has 144 valence electrons. The largest absolute Gasteiger partial charge is 0.346 e. The summed E-state index contributed by atoms with van der Waals surface area (Å²) in [7, 11) is 0. The molecule has 1 aliphatic heterocycles. The number of hydrogen-bond acceptors (Lipinski definition) is 4. The molecule has 2 heterocycles. The van der Waals surface area contributed by atoms with E-state index in [1.807, 2.05) is 37.3 Å². The third-order valence-corrected chi connectivity index (χ3v) is 5.47. The van der Waals surface area contributed by atoms with Crippen molar-refractivity contribution in [3.8, 4) is 16.8 Å². The molecule has 6 heteroatoms. The number of carbonyl (C=O) groups excluding carboxylic acids is 1. The summed E-state index contributed by atoms with van der Waals surface area (Å²) in [5.41, 5.74) is 4.31. The zero-order valence-corrected chi connectivity index (χ0v) is 16.2. The third kappa shape index (κ3) is 3.68. The summed E-state index contributed by atoms with van der Waals surface area (Å²) in [6.07, 6.45) is 1.06. The lowest BCUT2D eigenvalue weighted by Crippen LogP contribution is -2.50. The van der Waals surface area contributed by atoms with Gasteiger partial charge in [0.25, 0.3) is 5.91 Å². The van der Waals surface area contributed by atoms with Crippen LogP contribution in [0.1, 0.15) is 29.5 Å². The van der Waals surface area contributed by atoms with Gasteiger partial charge in [0.1, 0.15) is 0 Å². The van der Waals surface area contributed by atoms with Gasteiger partial charge < -0.3 is 10.6 Å². The lowest BCUT2D eigenvalue weighted by atomic mass is 9.95. The highest BCUT2D eigenvalue weighted by molar-refractivity contribution is 5.93. The summed E-state index contributed by atoms with van der Waals surface area (Å²) in [4.78, 5) is 12.7. The minimum Gasteiger partial charge on any atom is -0.346 e. The molecule has 2 atom stereocenters. The molecule has 2 N–H and O–H groups in total. The highest BCUT2D eigenvalue weighted by Gasteiger charge is 2.25. The van der Waals surface area contributed by atoms with E-state index < -0.39 is 0 Å². The highest BCUT2D eigenvalue weighted by Crippen LogP contribution is 2.21. The summed E-state index contributed by atoms with van der Waals surface area (Å²) in [5.74, 6) is 0.288. The van der Waals surface area contributed by atoms with Crippen molar-refractivity contribution >= 4 is 5.91 Å². The van der Waals surface area contributed by atoms with Crippen LogP contribution >= 0.6 is 0 Å². The molecular weight excluding hydrogens is 350 g/mol. The topological polar surface area (TPSA) is 71.8 Å². The molecule has 0 radical (unpaired) electrons. The van der Waals surface area contributed by atoms with Crippen LogP contribution < -0.4 is 10.6 Å². The van der Waals surface area contributed by atoms with Gasteiger partial charge in [-0.3, -0.25) is 4.79 Å². The highest BCUT2D eigenvalue weighted by atomic mass is 16.2. The monoisotopic (exact) mass is 375 g/mol. The third-order valence-electron chi connectivity index (χ3n) is 5.47. The van der Waals surface area contributed by atoms with Gasteiger partial charge >= 0.3 is 0 Å². The van der Waals surface area contributed by atoms with Crippen molar-refractivity contribution in [2.24, 2.45) is 5.92 Å². The van der Waals surface area contributed by atoms with Gasteiger partial charge in [0, 0.05) is 12.6 Å². The number of nitrogens with one attached hydrogen (secondary N) is 2. The predicted octanol–water partition coefficient (Wildman–Crippen LogP) is 2.97. The summed E-state index contributed by atoms with van der Waals surface area (Å²) in [6, 6.07) is 18.5. The first-order chi connectivity index (χ1) is 13.6. The fourth-order valence-corrected chi connectivity index (χ4v) is 3.63. The van der Waals surface area contributed by atoms with Crippen molar-refractivity contribution in [1.82, 2.24) is 25.6 Å². The van der Waals surface area contributed by atoms with Gasteiger partial charge in [0.2, 0.25) is 0 Å². The van der Waals surface area contributed by atoms with E-state index in [4.69, 9.17) is 0 Å². The second kappa shape index (κ2) is 7.94. The number of benzene rings is 2. The van der Waals surface area contributed by atoms with E-state index in [1.165, 1.54) is 5.56 Å². The molecule has 1 saturated heterocycles. The standard InChI is InChI=1S/C22H25N5O/c1-15-12-13-23-14-20(15)24-22(28)21-16(2)27(26-25-21)19-10-8-18(9-11-19)17-6-4-3-5-7-17/h3-11,15,20,23H,12-14H2,1-2H3,(H,24,28). The number of hydrogen-bond donors (Lipinski definition) is 2. The zero-order valence-electron chi connectivity index (χ0n) is 16.2. The number of aromatic nitrogens is 3. The second-order valence-electron chi connectivity index (χ2n) is 7.40. The smallest absolute Gasteiger partial charge is 0.274 e. The van der Waals surface area contributed by atoms with E-state index in [2.05, 4.69) is 52.1 Å². The molecule has 0 aliphatic carbocycles. The fraction of sp³-hybridized carbons (Fsp3) is 0.318. The van der Waals surface area contributed by atoms with Gasteiger partial charge in [0.15, 0.2) is 5.69 Å². The first kappa shape index (κ1) is 18.4. The molecule has 28 heavy (non-hydrogen) atoms. The van der Waals surface area contributed by atoms with Crippen LogP contribution in [0.3, 0.4) is 0 Å². The van der Waals surface area contributed by atoms with E-state index in [0.717, 1.165) is 36.5 Å². The lowest BCUT2D eigenvalue weighted by Gasteiger charge is -2.29. The van der Waals surface area contributed by atoms with Gasteiger partial charge in [-0.2, -0.15) is 0 Å². The Morgan fingerprint density at radius 1 is 1.11 bits per heavy atom. The molecular formula is C22H25N5O. The summed E-state index contributed by atoms with van der Waals surface area (Å²) >= 11 is 0. The van der Waals surface area contributed by atoms with E-state index >= 15 is 0 Å². The van der Waals surface area contributed by atoms with E-state index in [9.17, 15) is 4.79 Å². The molecule has 4 rings (SSSR count). The van der Waals surface area contributed by atoms with Crippen molar-refractivity contribution < 1.29 is 4.79 Å². The molecule has 1 aliphatic rings. The Bertz CT molecular complexity index is 949. The van der Waals surface area contributed by atoms with Gasteiger partial charge in [-0.1, -0.05) is 54.6 Å². The van der Waals surface area contributed by atoms with Crippen LogP contribution in [0.2, 0.25) is 0 Å². The molecule has 0 spiro atoms. The SMILES string of the molecule is Cc1c(C(=O)NC2CNCCC2C)nnn1-c1ccc(-c2ccccc2)cc1. The summed E-state index contributed by atoms with van der Waals surface area (Å²) in [5, 5.41) is 14.8. The number of rotatable bonds is 4. The van der Waals surface area contributed by atoms with Crippen molar-refractivity contribution in [2.45, 2.75) is 26.3 Å². The number of piperidine rings is 1. The number of amides is 1. The van der Waals surface area contributed by atoms with Crippen LogP contribution in [-0.2, 0) is 0 Å². The molecule has 2 unspecified atom stereocenters. The summed E-state index contributed by atoms with van der Waals surface area (Å²) in [6.45, 7) is 5.84. The average Bonchev–Trinajstić information content (AvgIpc) is 3.12. The van der Waals surface area contributed by atoms with E-state index in [1.54, 1.807) is 4.68 Å². The fourth-order valence-electron chi connectivity index (χ4n) is 3.63. The maximum Gasteiger partial charge on any atom is 0.274 e. The zero-order chi connectivity index (χ0) is 19.5. The van der Waals surface area contributed by atoms with E-state index in [0.29, 0.717) is 11.6 Å². The maximum atomic E-state index is 12.7. The molecule has 0 bridgehead atoms. The Hall–Kier alpha value is -2.99. The van der Waals surface area contributed by atoms with Crippen LogP contribution in [0, 0.1) is 12.8 Å². The minimum absolute atomic E-state index is 0.121. The maximum absolute atomic E-state index is 12.7. The molecule has 1 amide bonds. The Balaban J connectivity index is 1.52. The molecule has 0 saturated carbocycles. The van der Waals surface area contributed by atoms with Crippen molar-refractivity contribution in [3.05, 3.63) is 66.0 Å². The minimum atomic E-state index is -0.162. The molecule has 3 aromatic rings. The predicted molar refractivity (Wildman–Crippen MR) is 109 cm³/mol. The van der Waals surface area contributed by atoms with Crippen LogP contribution in [0.4, 0.5) is 0 Å². The van der Waals surface area contributed by atoms with Crippen molar-refractivity contribution in [1.29, 1.82) is 0 Å². The van der Waals surface area contributed by atoms with E-state index in [-0.39, 0.29) is 11.9 Å². The van der Waals surface area contributed by atoms with Crippen LogP contribution in [-0.4, -0.2) is 40.0 Å².